The maximum absolute atomic E-state index is 11.3. The van der Waals surface area contributed by atoms with Gasteiger partial charge in [-0.2, -0.15) is 0 Å². The summed E-state index contributed by atoms with van der Waals surface area (Å²) in [6.07, 6.45) is 1.04. The van der Waals surface area contributed by atoms with Crippen molar-refractivity contribution in [2.45, 2.75) is 19.4 Å². The van der Waals surface area contributed by atoms with Crippen LogP contribution in [0.1, 0.15) is 13.3 Å². The minimum absolute atomic E-state index is 0.145. The van der Waals surface area contributed by atoms with Crippen molar-refractivity contribution in [3.63, 3.8) is 0 Å². The van der Waals surface area contributed by atoms with E-state index in [0.29, 0.717) is 6.04 Å². The van der Waals surface area contributed by atoms with E-state index in [9.17, 15) is 4.79 Å². The van der Waals surface area contributed by atoms with Gasteiger partial charge in [0, 0.05) is 37.2 Å². The Bertz CT molecular complexity index is 422. The van der Waals surface area contributed by atoms with Gasteiger partial charge in [-0.3, -0.25) is 4.79 Å². The Balaban J connectivity index is 2.05. The van der Waals surface area contributed by atoms with Crippen LogP contribution in [-0.2, 0) is 4.79 Å². The molecule has 0 bridgehead atoms. The molecule has 1 aliphatic heterocycles. The highest BCUT2D eigenvalue weighted by Gasteiger charge is 2.27. The summed E-state index contributed by atoms with van der Waals surface area (Å²) >= 11 is 3.49. The van der Waals surface area contributed by atoms with Gasteiger partial charge < -0.3 is 9.80 Å². The Morgan fingerprint density at radius 2 is 2.29 bits per heavy atom. The molecule has 92 valence electrons. The van der Waals surface area contributed by atoms with E-state index in [1.165, 1.54) is 5.69 Å². The fourth-order valence-corrected chi connectivity index (χ4v) is 2.61. The number of rotatable bonds is 2. The van der Waals surface area contributed by atoms with Gasteiger partial charge >= 0.3 is 0 Å². The number of halogens is 1. The van der Waals surface area contributed by atoms with Crippen molar-refractivity contribution in [2.75, 3.05) is 25.0 Å². The first-order valence-corrected chi connectivity index (χ1v) is 6.61. The van der Waals surface area contributed by atoms with Crippen molar-refractivity contribution in [1.29, 1.82) is 0 Å². The van der Waals surface area contributed by atoms with Crippen molar-refractivity contribution < 1.29 is 4.79 Å². The molecule has 1 heterocycles. The van der Waals surface area contributed by atoms with Crippen LogP contribution in [0.15, 0.2) is 28.7 Å². The Hall–Kier alpha value is -1.03. The lowest BCUT2D eigenvalue weighted by Crippen LogP contribution is -2.37. The lowest BCUT2D eigenvalue weighted by atomic mass is 10.2. The summed E-state index contributed by atoms with van der Waals surface area (Å²) < 4.78 is 1.10. The summed E-state index contributed by atoms with van der Waals surface area (Å²) in [6, 6.07) is 8.64. The van der Waals surface area contributed by atoms with Crippen molar-refractivity contribution in [3.8, 4) is 0 Å². The topological polar surface area (TPSA) is 23.6 Å². The van der Waals surface area contributed by atoms with Gasteiger partial charge in [0.05, 0.1) is 6.04 Å². The van der Waals surface area contributed by atoms with Crippen LogP contribution in [0.25, 0.3) is 0 Å². The zero-order valence-electron chi connectivity index (χ0n) is 10.2. The standard InChI is InChI=1S/C13H17BrN2O/c1-10(17)15(2)13-6-7-16(9-13)12-5-3-4-11(14)8-12/h3-5,8,13H,6-7,9H2,1-2H3/t13-/m1/s1. The Labute approximate surface area is 111 Å². The zero-order valence-corrected chi connectivity index (χ0v) is 11.8. The van der Waals surface area contributed by atoms with Crippen LogP contribution in [0.4, 0.5) is 5.69 Å². The van der Waals surface area contributed by atoms with Gasteiger partial charge in [-0.15, -0.1) is 0 Å². The van der Waals surface area contributed by atoms with E-state index in [-0.39, 0.29) is 5.91 Å². The second-order valence-corrected chi connectivity index (χ2v) is 5.41. The fraction of sp³-hybridized carbons (Fsp3) is 0.462. The maximum atomic E-state index is 11.3. The van der Waals surface area contributed by atoms with Gasteiger partial charge in [0.25, 0.3) is 0 Å². The third-order valence-corrected chi connectivity index (χ3v) is 3.87. The Kier molecular flexibility index (Phi) is 3.72. The van der Waals surface area contributed by atoms with Crippen LogP contribution < -0.4 is 4.90 Å². The van der Waals surface area contributed by atoms with Crippen LogP contribution in [0.3, 0.4) is 0 Å². The van der Waals surface area contributed by atoms with E-state index < -0.39 is 0 Å². The van der Waals surface area contributed by atoms with Crippen molar-refractivity contribution in [2.24, 2.45) is 0 Å². The fourth-order valence-electron chi connectivity index (χ4n) is 2.22. The zero-order chi connectivity index (χ0) is 12.4. The molecule has 0 N–H and O–H groups in total. The molecule has 1 aliphatic rings. The van der Waals surface area contributed by atoms with Gasteiger partial charge in [0.15, 0.2) is 0 Å². The lowest BCUT2D eigenvalue weighted by molar-refractivity contribution is -0.129. The molecule has 2 rings (SSSR count). The second-order valence-electron chi connectivity index (χ2n) is 4.50. The Morgan fingerprint density at radius 1 is 1.53 bits per heavy atom. The average Bonchev–Trinajstić information content (AvgIpc) is 2.77. The van der Waals surface area contributed by atoms with Crippen molar-refractivity contribution >= 4 is 27.5 Å². The maximum Gasteiger partial charge on any atom is 0.219 e. The molecule has 0 unspecified atom stereocenters. The van der Waals surface area contributed by atoms with Crippen LogP contribution in [0, 0.1) is 0 Å². The van der Waals surface area contributed by atoms with Gasteiger partial charge in [-0.25, -0.2) is 0 Å². The SMILES string of the molecule is CC(=O)N(C)[C@@H]1CCN(c2cccc(Br)c2)C1. The van der Waals surface area contributed by atoms with E-state index in [1.807, 2.05) is 24.1 Å². The molecule has 1 amide bonds. The molecular weight excluding hydrogens is 280 g/mol. The molecule has 1 fully saturated rings. The number of likely N-dealkylation sites (N-methyl/N-ethyl adjacent to an activating group) is 1. The number of benzene rings is 1. The molecule has 0 aliphatic carbocycles. The number of nitrogens with zero attached hydrogens (tertiary/aromatic N) is 2. The molecule has 0 saturated carbocycles. The highest BCUT2D eigenvalue weighted by molar-refractivity contribution is 9.10. The molecule has 1 atom stereocenters. The summed E-state index contributed by atoms with van der Waals surface area (Å²) in [5.74, 6) is 0.145. The van der Waals surface area contributed by atoms with E-state index in [2.05, 4.69) is 33.0 Å². The van der Waals surface area contributed by atoms with Crippen LogP contribution >= 0.6 is 15.9 Å². The third-order valence-electron chi connectivity index (χ3n) is 3.38. The third kappa shape index (κ3) is 2.80. The van der Waals surface area contributed by atoms with E-state index >= 15 is 0 Å². The van der Waals surface area contributed by atoms with Gasteiger partial charge in [-0.05, 0) is 24.6 Å². The predicted octanol–water partition coefficient (Wildman–Crippen LogP) is 2.51. The van der Waals surface area contributed by atoms with E-state index in [0.717, 1.165) is 24.0 Å². The summed E-state index contributed by atoms with van der Waals surface area (Å²) in [4.78, 5) is 15.5. The minimum Gasteiger partial charge on any atom is -0.369 e. The Morgan fingerprint density at radius 3 is 2.94 bits per heavy atom. The molecule has 0 aromatic heterocycles. The molecule has 0 radical (unpaired) electrons. The molecule has 0 spiro atoms. The van der Waals surface area contributed by atoms with Gasteiger partial charge in [0.1, 0.15) is 0 Å². The second kappa shape index (κ2) is 5.08. The van der Waals surface area contributed by atoms with Crippen LogP contribution in [0.5, 0.6) is 0 Å². The number of hydrogen-bond acceptors (Lipinski definition) is 2. The quantitative estimate of drug-likeness (QED) is 0.837. The highest BCUT2D eigenvalue weighted by atomic mass is 79.9. The average molecular weight is 297 g/mol. The van der Waals surface area contributed by atoms with E-state index in [4.69, 9.17) is 0 Å². The normalized spacial score (nSPS) is 19.5. The largest absolute Gasteiger partial charge is 0.369 e. The number of anilines is 1. The van der Waals surface area contributed by atoms with Crippen molar-refractivity contribution in [3.05, 3.63) is 28.7 Å². The monoisotopic (exact) mass is 296 g/mol. The van der Waals surface area contributed by atoms with Crippen molar-refractivity contribution in [1.82, 2.24) is 4.90 Å². The number of carbonyl (C=O) groups excluding carboxylic acids is 1. The molecule has 1 saturated heterocycles. The molecule has 17 heavy (non-hydrogen) atoms. The molecular formula is C13H17BrN2O. The van der Waals surface area contributed by atoms with Crippen LogP contribution in [-0.4, -0.2) is 37.0 Å². The predicted molar refractivity (Wildman–Crippen MR) is 73.2 cm³/mol. The van der Waals surface area contributed by atoms with E-state index in [1.54, 1.807) is 6.92 Å². The van der Waals surface area contributed by atoms with Gasteiger partial charge in [-0.1, -0.05) is 22.0 Å². The first kappa shape index (κ1) is 12.4. The molecule has 4 heteroatoms. The first-order chi connectivity index (χ1) is 8.08. The summed E-state index contributed by atoms with van der Waals surface area (Å²) in [6.45, 7) is 3.56. The number of carbonyl (C=O) groups is 1. The summed E-state index contributed by atoms with van der Waals surface area (Å²) in [5.41, 5.74) is 1.22. The van der Waals surface area contributed by atoms with Crippen LogP contribution in [0.2, 0.25) is 0 Å². The number of hydrogen-bond donors (Lipinski definition) is 0. The summed E-state index contributed by atoms with van der Waals surface area (Å²) in [7, 11) is 1.89. The first-order valence-electron chi connectivity index (χ1n) is 5.82. The van der Waals surface area contributed by atoms with Gasteiger partial charge in [0.2, 0.25) is 5.91 Å². The molecule has 3 nitrogen and oxygen atoms in total. The highest BCUT2D eigenvalue weighted by Crippen LogP contribution is 2.25. The smallest absolute Gasteiger partial charge is 0.219 e. The minimum atomic E-state index is 0.145. The molecule has 1 aromatic rings. The molecule has 1 aromatic carbocycles. The number of amides is 1. The lowest BCUT2D eigenvalue weighted by Gasteiger charge is -2.24. The summed E-state index contributed by atoms with van der Waals surface area (Å²) in [5, 5.41) is 0.